The van der Waals surface area contributed by atoms with Gasteiger partial charge in [-0.1, -0.05) is 17.8 Å². The average molecular weight is 330 g/mol. The van der Waals surface area contributed by atoms with Crippen molar-refractivity contribution in [2.75, 3.05) is 0 Å². The Morgan fingerprint density at radius 1 is 1.50 bits per heavy atom. The van der Waals surface area contributed by atoms with Crippen LogP contribution < -0.4 is 0 Å². The Balaban J connectivity index is 2.10. The van der Waals surface area contributed by atoms with E-state index in [-0.39, 0.29) is 5.69 Å². The molecule has 8 heteroatoms. The van der Waals surface area contributed by atoms with Crippen molar-refractivity contribution in [1.82, 2.24) is 10.2 Å². The molecule has 1 heterocycles. The molecule has 0 N–H and O–H groups in total. The Kier molecular flexibility index (Phi) is 3.97. The molecule has 0 aliphatic rings. The number of halogens is 1. The van der Waals surface area contributed by atoms with Gasteiger partial charge in [0.15, 0.2) is 0 Å². The lowest BCUT2D eigenvalue weighted by molar-refractivity contribution is -0.385. The highest BCUT2D eigenvalue weighted by Gasteiger charge is 2.13. The molecule has 0 saturated carbocycles. The van der Waals surface area contributed by atoms with Crippen molar-refractivity contribution in [3.8, 4) is 0 Å². The van der Waals surface area contributed by atoms with E-state index in [0.29, 0.717) is 21.3 Å². The van der Waals surface area contributed by atoms with Crippen molar-refractivity contribution < 1.29 is 9.34 Å². The topological polar surface area (TPSA) is 82.1 Å². The number of hydrogen-bond donors (Lipinski definition) is 0. The minimum atomic E-state index is -0.422. The van der Waals surface area contributed by atoms with E-state index in [1.54, 1.807) is 13.0 Å². The largest absolute Gasteiger partial charge is 0.416 e. The number of nitro groups is 1. The summed E-state index contributed by atoms with van der Waals surface area (Å²) in [4.78, 5) is 10.4. The molecule has 1 aromatic heterocycles. The second-order valence-corrected chi connectivity index (χ2v) is 5.20. The summed E-state index contributed by atoms with van der Waals surface area (Å²) in [5, 5.41) is 18.8. The third-order valence-electron chi connectivity index (χ3n) is 2.08. The second-order valence-electron chi connectivity index (χ2n) is 3.42. The lowest BCUT2D eigenvalue weighted by Crippen LogP contribution is -1.91. The second kappa shape index (κ2) is 5.49. The molecule has 0 amide bonds. The van der Waals surface area contributed by atoms with Crippen LogP contribution in [0, 0.1) is 17.0 Å². The predicted molar refractivity (Wildman–Crippen MR) is 69.4 cm³/mol. The minimum Gasteiger partial charge on any atom is -0.416 e. The molecule has 1 aromatic carbocycles. The summed E-state index contributed by atoms with van der Waals surface area (Å²) in [6.45, 7) is 1.71. The quantitative estimate of drug-likeness (QED) is 0.486. The van der Waals surface area contributed by atoms with Gasteiger partial charge in [-0.15, -0.1) is 10.2 Å². The summed E-state index contributed by atoms with van der Waals surface area (Å²) in [6.07, 6.45) is 0. The van der Waals surface area contributed by atoms with Crippen molar-refractivity contribution in [1.29, 1.82) is 0 Å². The Bertz CT molecular complexity index is 587. The molecule has 0 bridgehead atoms. The number of nitro benzene ring substituents is 1. The molecule has 0 fully saturated rings. The van der Waals surface area contributed by atoms with Crippen molar-refractivity contribution in [2.24, 2.45) is 0 Å². The minimum absolute atomic E-state index is 0.0507. The highest BCUT2D eigenvalue weighted by Crippen LogP contribution is 2.28. The molecular weight excluding hydrogens is 322 g/mol. The SMILES string of the molecule is Cc1nnc(SCc2ccc(Br)c([N+](=O)[O-])c2)o1. The number of nitrogens with zero attached hydrogens (tertiary/aromatic N) is 3. The summed E-state index contributed by atoms with van der Waals surface area (Å²) >= 11 is 4.48. The Labute approximate surface area is 115 Å². The molecule has 18 heavy (non-hydrogen) atoms. The molecular formula is C10H8BrN3O3S. The number of hydrogen-bond acceptors (Lipinski definition) is 6. The molecule has 0 saturated heterocycles. The Morgan fingerprint density at radius 2 is 2.28 bits per heavy atom. The van der Waals surface area contributed by atoms with Gasteiger partial charge in [0.2, 0.25) is 5.89 Å². The van der Waals surface area contributed by atoms with Crippen molar-refractivity contribution >= 4 is 33.4 Å². The summed E-state index contributed by atoms with van der Waals surface area (Å²) in [5.41, 5.74) is 0.876. The van der Waals surface area contributed by atoms with Crippen LogP contribution in [-0.2, 0) is 5.75 Å². The standard InChI is InChI=1S/C10H8BrN3O3S/c1-6-12-13-10(17-6)18-5-7-2-3-8(11)9(4-7)14(15)16/h2-4H,5H2,1H3. The fourth-order valence-electron chi connectivity index (χ4n) is 1.27. The molecule has 94 valence electrons. The van der Waals surface area contributed by atoms with E-state index in [1.165, 1.54) is 17.8 Å². The van der Waals surface area contributed by atoms with Crippen LogP contribution in [-0.4, -0.2) is 15.1 Å². The zero-order chi connectivity index (χ0) is 13.1. The van der Waals surface area contributed by atoms with Crippen LogP contribution in [0.1, 0.15) is 11.5 Å². The van der Waals surface area contributed by atoms with E-state index >= 15 is 0 Å². The molecule has 0 unspecified atom stereocenters. The third kappa shape index (κ3) is 3.08. The van der Waals surface area contributed by atoms with E-state index in [0.717, 1.165) is 5.56 Å². The highest BCUT2D eigenvalue weighted by atomic mass is 79.9. The van der Waals surface area contributed by atoms with Gasteiger partial charge in [-0.3, -0.25) is 10.1 Å². The molecule has 0 aliphatic carbocycles. The van der Waals surface area contributed by atoms with Gasteiger partial charge >= 0.3 is 0 Å². The van der Waals surface area contributed by atoms with Gasteiger partial charge in [-0.2, -0.15) is 0 Å². The molecule has 0 atom stereocenters. The van der Waals surface area contributed by atoms with Crippen LogP contribution in [0.5, 0.6) is 0 Å². The van der Waals surface area contributed by atoms with Crippen LogP contribution in [0.15, 0.2) is 32.3 Å². The van der Waals surface area contributed by atoms with Crippen molar-refractivity contribution in [3.05, 3.63) is 44.2 Å². The van der Waals surface area contributed by atoms with Gasteiger partial charge in [0, 0.05) is 18.7 Å². The highest BCUT2D eigenvalue weighted by molar-refractivity contribution is 9.10. The third-order valence-corrected chi connectivity index (χ3v) is 3.64. The number of thioether (sulfide) groups is 1. The van der Waals surface area contributed by atoms with Gasteiger partial charge in [0.05, 0.1) is 9.40 Å². The molecule has 2 rings (SSSR count). The number of aryl methyl sites for hydroxylation is 1. The smallest absolute Gasteiger partial charge is 0.283 e. The van der Waals surface area contributed by atoms with Gasteiger partial charge < -0.3 is 4.42 Å². The number of benzene rings is 1. The van der Waals surface area contributed by atoms with Crippen LogP contribution in [0.2, 0.25) is 0 Å². The lowest BCUT2D eigenvalue weighted by atomic mass is 10.2. The fraction of sp³-hybridized carbons (Fsp3) is 0.200. The van der Waals surface area contributed by atoms with Crippen molar-refractivity contribution in [3.63, 3.8) is 0 Å². The molecule has 2 aromatic rings. The Morgan fingerprint density at radius 3 is 2.89 bits per heavy atom. The van der Waals surface area contributed by atoms with Gasteiger partial charge in [-0.25, -0.2) is 0 Å². The van der Waals surface area contributed by atoms with Gasteiger partial charge in [0.1, 0.15) is 0 Å². The van der Waals surface area contributed by atoms with Crippen LogP contribution in [0.3, 0.4) is 0 Å². The van der Waals surface area contributed by atoms with Crippen LogP contribution in [0.4, 0.5) is 5.69 Å². The summed E-state index contributed by atoms with van der Waals surface area (Å²) in [5.74, 6) is 1.04. The van der Waals surface area contributed by atoms with Crippen LogP contribution in [0.25, 0.3) is 0 Å². The average Bonchev–Trinajstić information content (AvgIpc) is 2.74. The summed E-state index contributed by atoms with van der Waals surface area (Å²) in [7, 11) is 0. The maximum atomic E-state index is 10.8. The fourth-order valence-corrected chi connectivity index (χ4v) is 2.41. The lowest BCUT2D eigenvalue weighted by Gasteiger charge is -2.00. The van der Waals surface area contributed by atoms with E-state index in [9.17, 15) is 10.1 Å². The molecule has 0 radical (unpaired) electrons. The molecule has 6 nitrogen and oxygen atoms in total. The predicted octanol–water partition coefficient (Wildman–Crippen LogP) is 3.34. The molecule has 0 aliphatic heterocycles. The van der Waals surface area contributed by atoms with E-state index in [4.69, 9.17) is 4.42 Å². The maximum absolute atomic E-state index is 10.8. The number of aromatic nitrogens is 2. The first-order valence-electron chi connectivity index (χ1n) is 4.92. The van der Waals surface area contributed by atoms with E-state index in [2.05, 4.69) is 26.1 Å². The van der Waals surface area contributed by atoms with Crippen molar-refractivity contribution in [2.45, 2.75) is 17.9 Å². The summed E-state index contributed by atoms with van der Waals surface area (Å²) in [6, 6.07) is 5.00. The van der Waals surface area contributed by atoms with E-state index < -0.39 is 4.92 Å². The van der Waals surface area contributed by atoms with E-state index in [1.807, 2.05) is 6.07 Å². The van der Waals surface area contributed by atoms with Gasteiger partial charge in [0.25, 0.3) is 10.9 Å². The Hall–Kier alpha value is -1.41. The van der Waals surface area contributed by atoms with Crippen LogP contribution >= 0.6 is 27.7 Å². The normalized spacial score (nSPS) is 10.6. The molecule has 0 spiro atoms. The summed E-state index contributed by atoms with van der Waals surface area (Å²) < 4.78 is 5.67. The monoisotopic (exact) mass is 329 g/mol. The first-order chi connectivity index (χ1) is 8.56. The number of rotatable bonds is 4. The zero-order valence-corrected chi connectivity index (χ0v) is 11.7. The maximum Gasteiger partial charge on any atom is 0.283 e. The first-order valence-corrected chi connectivity index (χ1v) is 6.70. The van der Waals surface area contributed by atoms with Gasteiger partial charge in [-0.05, 0) is 27.6 Å². The zero-order valence-electron chi connectivity index (χ0n) is 9.29. The first kappa shape index (κ1) is 13.0.